The minimum absolute atomic E-state index is 0.0297. The average Bonchev–Trinajstić information content (AvgIpc) is 2.85. The Bertz CT molecular complexity index is 491. The van der Waals surface area contributed by atoms with Gasteiger partial charge in [-0.05, 0) is 24.6 Å². The summed E-state index contributed by atoms with van der Waals surface area (Å²) in [6.07, 6.45) is 0.732. The van der Waals surface area contributed by atoms with Crippen LogP contribution in [-0.2, 0) is 13.0 Å². The fraction of sp³-hybridized carbons (Fsp3) is 0.385. The summed E-state index contributed by atoms with van der Waals surface area (Å²) in [4.78, 5) is 0. The van der Waals surface area contributed by atoms with Crippen LogP contribution in [0, 0.1) is 0 Å². The zero-order valence-electron chi connectivity index (χ0n) is 10.6. The molecule has 1 aromatic heterocycles. The molecule has 0 unspecified atom stereocenters. The van der Waals surface area contributed by atoms with Crippen molar-refractivity contribution in [2.75, 3.05) is 0 Å². The van der Waals surface area contributed by atoms with Gasteiger partial charge in [-0.2, -0.15) is 0 Å². The zero-order valence-corrected chi connectivity index (χ0v) is 10.6. The predicted octanol–water partition coefficient (Wildman–Crippen LogP) is 2.23. The first-order valence-electron chi connectivity index (χ1n) is 5.98. The molecular weight excluding hydrogens is 230 g/mol. The highest BCUT2D eigenvalue weighted by Gasteiger charge is 2.05. The van der Waals surface area contributed by atoms with E-state index in [9.17, 15) is 0 Å². The molecule has 2 aromatic rings. The van der Waals surface area contributed by atoms with Crippen molar-refractivity contribution in [1.82, 2.24) is 10.2 Å². The van der Waals surface area contributed by atoms with Gasteiger partial charge >= 0.3 is 0 Å². The van der Waals surface area contributed by atoms with Crippen molar-refractivity contribution in [3.63, 3.8) is 0 Å². The quantitative estimate of drug-likeness (QED) is 0.877. The molecule has 0 saturated heterocycles. The van der Waals surface area contributed by atoms with Gasteiger partial charge in [0.05, 0.1) is 0 Å². The third-order valence-electron chi connectivity index (χ3n) is 2.58. The number of aromatic nitrogens is 2. The average molecular weight is 247 g/mol. The van der Waals surface area contributed by atoms with Crippen molar-refractivity contribution < 1.29 is 9.15 Å². The minimum atomic E-state index is 0.0297. The molecule has 2 N–H and O–H groups in total. The predicted molar refractivity (Wildman–Crippen MR) is 67.1 cm³/mol. The van der Waals surface area contributed by atoms with E-state index in [1.807, 2.05) is 38.1 Å². The number of rotatable bonds is 5. The van der Waals surface area contributed by atoms with E-state index < -0.39 is 0 Å². The second kappa shape index (κ2) is 5.64. The van der Waals surface area contributed by atoms with Gasteiger partial charge < -0.3 is 14.9 Å². The van der Waals surface area contributed by atoms with Crippen LogP contribution in [0.3, 0.4) is 0 Å². The molecule has 0 radical (unpaired) electrons. The third kappa shape index (κ3) is 3.07. The molecule has 0 fully saturated rings. The second-order valence-corrected chi connectivity index (χ2v) is 4.09. The monoisotopic (exact) mass is 247 g/mol. The topological polar surface area (TPSA) is 74.2 Å². The van der Waals surface area contributed by atoms with E-state index in [-0.39, 0.29) is 12.6 Å². The molecule has 1 heterocycles. The number of nitrogens with two attached hydrogens (primary N) is 1. The fourth-order valence-electron chi connectivity index (χ4n) is 1.50. The van der Waals surface area contributed by atoms with Gasteiger partial charge in [-0.15, -0.1) is 10.2 Å². The molecule has 5 heteroatoms. The van der Waals surface area contributed by atoms with Gasteiger partial charge in [0.25, 0.3) is 5.89 Å². The molecular formula is C13H17N3O2. The second-order valence-electron chi connectivity index (χ2n) is 4.09. The molecule has 0 aliphatic carbocycles. The van der Waals surface area contributed by atoms with E-state index in [1.165, 1.54) is 0 Å². The van der Waals surface area contributed by atoms with Crippen molar-refractivity contribution >= 4 is 0 Å². The van der Waals surface area contributed by atoms with E-state index in [4.69, 9.17) is 14.9 Å². The molecule has 5 nitrogen and oxygen atoms in total. The van der Waals surface area contributed by atoms with Crippen LogP contribution in [0.15, 0.2) is 28.7 Å². The van der Waals surface area contributed by atoms with E-state index in [0.29, 0.717) is 11.8 Å². The summed E-state index contributed by atoms with van der Waals surface area (Å²) in [5.41, 5.74) is 6.85. The molecule has 0 aliphatic rings. The number of aryl methyl sites for hydroxylation is 1. The lowest BCUT2D eigenvalue weighted by atomic mass is 10.1. The summed E-state index contributed by atoms with van der Waals surface area (Å²) in [6.45, 7) is 4.19. The third-order valence-corrected chi connectivity index (χ3v) is 2.58. The maximum Gasteiger partial charge on any atom is 0.253 e. The molecule has 1 aromatic carbocycles. The Morgan fingerprint density at radius 2 is 1.89 bits per heavy atom. The first-order chi connectivity index (χ1) is 8.69. The van der Waals surface area contributed by atoms with Crippen molar-refractivity contribution in [2.45, 2.75) is 32.9 Å². The molecule has 18 heavy (non-hydrogen) atoms. The van der Waals surface area contributed by atoms with Crippen LogP contribution in [0.25, 0.3) is 0 Å². The molecule has 1 atom stereocenters. The standard InChI is InChI=1S/C13H17N3O2/c1-3-12-15-16-13(18-12)8-17-11-6-4-10(5-7-11)9(2)14/h4-7,9H,3,8,14H2,1-2H3/t9-/m0/s1. The van der Waals surface area contributed by atoms with Crippen LogP contribution in [0.5, 0.6) is 5.75 Å². The Morgan fingerprint density at radius 3 is 2.44 bits per heavy atom. The van der Waals surface area contributed by atoms with Gasteiger partial charge in [0.1, 0.15) is 5.75 Å². The van der Waals surface area contributed by atoms with E-state index in [0.717, 1.165) is 17.7 Å². The maximum atomic E-state index is 5.77. The van der Waals surface area contributed by atoms with Crippen molar-refractivity contribution in [3.05, 3.63) is 41.6 Å². The van der Waals surface area contributed by atoms with Gasteiger partial charge in [0.2, 0.25) is 5.89 Å². The van der Waals surface area contributed by atoms with Crippen molar-refractivity contribution in [3.8, 4) is 5.75 Å². The highest BCUT2D eigenvalue weighted by molar-refractivity contribution is 5.28. The lowest BCUT2D eigenvalue weighted by Crippen LogP contribution is -2.04. The summed E-state index contributed by atoms with van der Waals surface area (Å²) < 4.78 is 10.9. The van der Waals surface area contributed by atoms with Crippen molar-refractivity contribution in [2.24, 2.45) is 5.73 Å². The highest BCUT2D eigenvalue weighted by Crippen LogP contribution is 2.17. The number of nitrogens with zero attached hydrogens (tertiary/aromatic N) is 2. The van der Waals surface area contributed by atoms with Crippen LogP contribution in [0.4, 0.5) is 0 Å². The van der Waals surface area contributed by atoms with Crippen LogP contribution in [0.2, 0.25) is 0 Å². The molecule has 0 amide bonds. The molecule has 0 saturated carbocycles. The smallest absolute Gasteiger partial charge is 0.253 e. The molecule has 0 spiro atoms. The highest BCUT2D eigenvalue weighted by atomic mass is 16.5. The summed E-state index contributed by atoms with van der Waals surface area (Å²) in [7, 11) is 0. The van der Waals surface area contributed by atoms with E-state index in [2.05, 4.69) is 10.2 Å². The largest absolute Gasteiger partial charge is 0.484 e. The summed E-state index contributed by atoms with van der Waals surface area (Å²) in [6, 6.07) is 7.70. The Balaban J connectivity index is 1.93. The first kappa shape index (κ1) is 12.6. The molecule has 2 rings (SSSR count). The van der Waals surface area contributed by atoms with Crippen LogP contribution < -0.4 is 10.5 Å². The normalized spacial score (nSPS) is 12.4. The molecule has 0 aliphatic heterocycles. The lowest BCUT2D eigenvalue weighted by Gasteiger charge is -2.07. The number of hydrogen-bond donors (Lipinski definition) is 1. The summed E-state index contributed by atoms with van der Waals surface area (Å²) in [5.74, 6) is 1.87. The maximum absolute atomic E-state index is 5.77. The van der Waals surface area contributed by atoms with Crippen LogP contribution in [0.1, 0.15) is 37.2 Å². The fourth-order valence-corrected chi connectivity index (χ4v) is 1.50. The summed E-state index contributed by atoms with van der Waals surface area (Å²) in [5, 5.41) is 7.76. The van der Waals surface area contributed by atoms with E-state index in [1.54, 1.807) is 0 Å². The van der Waals surface area contributed by atoms with Crippen LogP contribution >= 0.6 is 0 Å². The van der Waals surface area contributed by atoms with E-state index >= 15 is 0 Å². The molecule has 0 bridgehead atoms. The van der Waals surface area contributed by atoms with Gasteiger partial charge in [0.15, 0.2) is 6.61 Å². The number of ether oxygens (including phenoxy) is 1. The van der Waals surface area contributed by atoms with Gasteiger partial charge in [-0.1, -0.05) is 19.1 Å². The number of benzene rings is 1. The Kier molecular flexibility index (Phi) is 3.94. The Morgan fingerprint density at radius 1 is 1.22 bits per heavy atom. The van der Waals surface area contributed by atoms with Gasteiger partial charge in [-0.3, -0.25) is 0 Å². The zero-order chi connectivity index (χ0) is 13.0. The first-order valence-corrected chi connectivity index (χ1v) is 5.98. The Labute approximate surface area is 106 Å². The van der Waals surface area contributed by atoms with Gasteiger partial charge in [-0.25, -0.2) is 0 Å². The van der Waals surface area contributed by atoms with Gasteiger partial charge in [0, 0.05) is 12.5 Å². The Hall–Kier alpha value is -1.88. The van der Waals surface area contributed by atoms with Crippen molar-refractivity contribution in [1.29, 1.82) is 0 Å². The SMILES string of the molecule is CCc1nnc(COc2ccc([C@H](C)N)cc2)o1. The number of hydrogen-bond acceptors (Lipinski definition) is 5. The summed E-state index contributed by atoms with van der Waals surface area (Å²) >= 11 is 0. The lowest BCUT2D eigenvalue weighted by molar-refractivity contribution is 0.259. The minimum Gasteiger partial charge on any atom is -0.484 e. The molecule has 96 valence electrons. The van der Waals surface area contributed by atoms with Crippen LogP contribution in [-0.4, -0.2) is 10.2 Å².